The molecule has 3 rings (SSSR count). The lowest BCUT2D eigenvalue weighted by molar-refractivity contribution is -0.124. The smallest absolute Gasteiger partial charge is 0.243 e. The number of aryl methyl sites for hydroxylation is 1. The van der Waals surface area contributed by atoms with E-state index in [2.05, 4.69) is 5.32 Å². The fourth-order valence-corrected chi connectivity index (χ4v) is 3.01. The zero-order valence-corrected chi connectivity index (χ0v) is 14.5. The summed E-state index contributed by atoms with van der Waals surface area (Å²) in [6.45, 7) is 2.49. The molecule has 1 aliphatic heterocycles. The van der Waals surface area contributed by atoms with Gasteiger partial charge in [-0.1, -0.05) is 29.8 Å². The van der Waals surface area contributed by atoms with Gasteiger partial charge >= 0.3 is 0 Å². The number of carbonyl (C=O) groups excluding carboxylic acids is 2. The van der Waals surface area contributed by atoms with Gasteiger partial charge in [0.25, 0.3) is 0 Å². The Balaban J connectivity index is 1.69. The van der Waals surface area contributed by atoms with Crippen LogP contribution in [0.15, 0.2) is 48.5 Å². The monoisotopic (exact) mass is 338 g/mol. The molecular weight excluding hydrogens is 316 g/mol. The average molecular weight is 338 g/mol. The van der Waals surface area contributed by atoms with Crippen molar-refractivity contribution in [1.82, 2.24) is 5.32 Å². The minimum Gasteiger partial charge on any atom is -0.497 e. The zero-order valence-electron chi connectivity index (χ0n) is 14.5. The van der Waals surface area contributed by atoms with Gasteiger partial charge in [-0.15, -0.1) is 0 Å². The van der Waals surface area contributed by atoms with Crippen LogP contribution in [0.2, 0.25) is 0 Å². The molecule has 1 heterocycles. The van der Waals surface area contributed by atoms with Crippen LogP contribution in [0.5, 0.6) is 5.75 Å². The molecule has 1 N–H and O–H groups in total. The highest BCUT2D eigenvalue weighted by molar-refractivity contribution is 6.03. The second-order valence-electron chi connectivity index (χ2n) is 6.22. The van der Waals surface area contributed by atoms with Crippen molar-refractivity contribution < 1.29 is 14.3 Å². The van der Waals surface area contributed by atoms with Crippen LogP contribution < -0.4 is 15.0 Å². The fourth-order valence-electron chi connectivity index (χ4n) is 3.01. The number of carbonyl (C=O) groups is 2. The van der Waals surface area contributed by atoms with E-state index in [1.807, 2.05) is 43.3 Å². The average Bonchev–Trinajstić information content (AvgIpc) is 3.02. The van der Waals surface area contributed by atoms with E-state index >= 15 is 0 Å². The first-order valence-corrected chi connectivity index (χ1v) is 8.38. The SMILES string of the molecule is COc1ccc(N2C(=O)CCC2C(=O)NCc2ccc(C)cc2)cc1. The fraction of sp³-hybridized carbons (Fsp3) is 0.300. The van der Waals surface area contributed by atoms with Crippen molar-refractivity contribution in [2.24, 2.45) is 0 Å². The normalized spacial score (nSPS) is 16.8. The predicted octanol–water partition coefficient (Wildman–Crippen LogP) is 2.82. The van der Waals surface area contributed by atoms with Gasteiger partial charge in [0.15, 0.2) is 0 Å². The van der Waals surface area contributed by atoms with Crippen LogP contribution in [-0.4, -0.2) is 25.0 Å². The number of nitrogens with one attached hydrogen (secondary N) is 1. The van der Waals surface area contributed by atoms with Gasteiger partial charge in [0, 0.05) is 18.7 Å². The van der Waals surface area contributed by atoms with Crippen molar-refractivity contribution in [3.63, 3.8) is 0 Å². The minimum absolute atomic E-state index is 0.0272. The molecule has 1 aliphatic rings. The number of ether oxygens (including phenoxy) is 1. The molecule has 0 aliphatic carbocycles. The first kappa shape index (κ1) is 17.0. The van der Waals surface area contributed by atoms with Gasteiger partial charge in [-0.05, 0) is 43.2 Å². The van der Waals surface area contributed by atoms with E-state index in [1.54, 1.807) is 24.1 Å². The van der Waals surface area contributed by atoms with Crippen molar-refractivity contribution in [1.29, 1.82) is 0 Å². The molecule has 1 saturated heterocycles. The summed E-state index contributed by atoms with van der Waals surface area (Å²) in [6, 6.07) is 14.8. The first-order chi connectivity index (χ1) is 12.1. The van der Waals surface area contributed by atoms with Gasteiger partial charge in [-0.3, -0.25) is 14.5 Å². The summed E-state index contributed by atoms with van der Waals surface area (Å²) in [7, 11) is 1.59. The maximum Gasteiger partial charge on any atom is 0.243 e. The van der Waals surface area contributed by atoms with E-state index in [1.165, 1.54) is 5.56 Å². The van der Waals surface area contributed by atoms with Crippen molar-refractivity contribution in [2.45, 2.75) is 32.4 Å². The Morgan fingerprint density at radius 2 is 1.84 bits per heavy atom. The topological polar surface area (TPSA) is 58.6 Å². The third kappa shape index (κ3) is 3.82. The Bertz CT molecular complexity index is 754. The summed E-state index contributed by atoms with van der Waals surface area (Å²) in [6.07, 6.45) is 0.916. The van der Waals surface area contributed by atoms with E-state index in [0.717, 1.165) is 17.0 Å². The first-order valence-electron chi connectivity index (χ1n) is 8.38. The lowest BCUT2D eigenvalue weighted by Gasteiger charge is -2.24. The summed E-state index contributed by atoms with van der Waals surface area (Å²) >= 11 is 0. The van der Waals surface area contributed by atoms with Gasteiger partial charge in [0.2, 0.25) is 11.8 Å². The molecule has 130 valence electrons. The molecule has 0 saturated carbocycles. The summed E-state index contributed by atoms with van der Waals surface area (Å²) in [5.74, 6) is 0.568. The molecule has 2 aromatic carbocycles. The summed E-state index contributed by atoms with van der Waals surface area (Å²) < 4.78 is 5.15. The Hall–Kier alpha value is -2.82. The maximum absolute atomic E-state index is 12.6. The number of amides is 2. The molecule has 25 heavy (non-hydrogen) atoms. The summed E-state index contributed by atoms with van der Waals surface area (Å²) in [5, 5.41) is 2.95. The summed E-state index contributed by atoms with van der Waals surface area (Å²) in [5.41, 5.74) is 2.94. The van der Waals surface area contributed by atoms with Gasteiger partial charge in [-0.2, -0.15) is 0 Å². The number of hydrogen-bond donors (Lipinski definition) is 1. The molecular formula is C20H22N2O3. The van der Waals surface area contributed by atoms with Crippen LogP contribution in [0.3, 0.4) is 0 Å². The molecule has 1 atom stereocenters. The molecule has 0 spiro atoms. The van der Waals surface area contributed by atoms with Crippen molar-refractivity contribution >= 4 is 17.5 Å². The number of benzene rings is 2. The molecule has 1 unspecified atom stereocenters. The standard InChI is InChI=1S/C20H22N2O3/c1-14-3-5-15(6-4-14)13-21-20(24)18-11-12-19(23)22(18)16-7-9-17(25-2)10-8-16/h3-10,18H,11-13H2,1-2H3,(H,21,24). The Labute approximate surface area is 147 Å². The molecule has 5 heteroatoms. The molecule has 5 nitrogen and oxygen atoms in total. The molecule has 1 fully saturated rings. The minimum atomic E-state index is -0.466. The number of methoxy groups -OCH3 is 1. The van der Waals surface area contributed by atoms with E-state index in [0.29, 0.717) is 19.4 Å². The van der Waals surface area contributed by atoms with E-state index in [4.69, 9.17) is 4.74 Å². The molecule has 0 radical (unpaired) electrons. The van der Waals surface area contributed by atoms with Crippen molar-refractivity contribution in [3.8, 4) is 5.75 Å². The van der Waals surface area contributed by atoms with Gasteiger partial charge < -0.3 is 10.1 Å². The van der Waals surface area contributed by atoms with Gasteiger partial charge in [0.1, 0.15) is 11.8 Å². The zero-order chi connectivity index (χ0) is 17.8. The number of nitrogens with zero attached hydrogens (tertiary/aromatic N) is 1. The molecule has 0 aromatic heterocycles. The predicted molar refractivity (Wildman–Crippen MR) is 96.5 cm³/mol. The second kappa shape index (κ2) is 7.38. The third-order valence-corrected chi connectivity index (χ3v) is 4.45. The third-order valence-electron chi connectivity index (χ3n) is 4.45. The van der Waals surface area contributed by atoms with Crippen LogP contribution in [0.1, 0.15) is 24.0 Å². The van der Waals surface area contributed by atoms with E-state index in [-0.39, 0.29) is 11.8 Å². The lowest BCUT2D eigenvalue weighted by Crippen LogP contribution is -2.44. The van der Waals surface area contributed by atoms with Crippen LogP contribution in [0, 0.1) is 6.92 Å². The second-order valence-corrected chi connectivity index (χ2v) is 6.22. The van der Waals surface area contributed by atoms with Crippen LogP contribution in [0.4, 0.5) is 5.69 Å². The summed E-state index contributed by atoms with van der Waals surface area (Å²) in [4.78, 5) is 26.5. The largest absolute Gasteiger partial charge is 0.497 e. The number of hydrogen-bond acceptors (Lipinski definition) is 3. The van der Waals surface area contributed by atoms with Crippen molar-refractivity contribution in [3.05, 3.63) is 59.7 Å². The number of rotatable bonds is 5. The maximum atomic E-state index is 12.6. The molecule has 2 aromatic rings. The van der Waals surface area contributed by atoms with Gasteiger partial charge in [-0.25, -0.2) is 0 Å². The molecule has 2 amide bonds. The number of anilines is 1. The Morgan fingerprint density at radius 3 is 2.48 bits per heavy atom. The highest BCUT2D eigenvalue weighted by Gasteiger charge is 2.36. The highest BCUT2D eigenvalue weighted by Crippen LogP contribution is 2.28. The quantitative estimate of drug-likeness (QED) is 0.912. The van der Waals surface area contributed by atoms with Crippen LogP contribution in [-0.2, 0) is 16.1 Å². The van der Waals surface area contributed by atoms with E-state index < -0.39 is 6.04 Å². The van der Waals surface area contributed by atoms with Crippen LogP contribution >= 0.6 is 0 Å². The molecule has 0 bridgehead atoms. The lowest BCUT2D eigenvalue weighted by atomic mass is 10.1. The van der Waals surface area contributed by atoms with Crippen molar-refractivity contribution in [2.75, 3.05) is 12.0 Å². The highest BCUT2D eigenvalue weighted by atomic mass is 16.5. The Kier molecular flexibility index (Phi) is 5.03. The van der Waals surface area contributed by atoms with E-state index in [9.17, 15) is 9.59 Å². The van der Waals surface area contributed by atoms with Crippen LogP contribution in [0.25, 0.3) is 0 Å². The van der Waals surface area contributed by atoms with Gasteiger partial charge in [0.05, 0.1) is 7.11 Å². The Morgan fingerprint density at radius 1 is 1.16 bits per heavy atom.